The second-order valence-corrected chi connectivity index (χ2v) is 12.2. The van der Waals surface area contributed by atoms with Crippen molar-refractivity contribution in [3.63, 3.8) is 0 Å². The van der Waals surface area contributed by atoms with Crippen molar-refractivity contribution in [2.24, 2.45) is 23.7 Å². The van der Waals surface area contributed by atoms with Crippen LogP contribution in [-0.4, -0.2) is 65.7 Å². The fourth-order valence-corrected chi connectivity index (χ4v) is 7.50. The Morgan fingerprint density at radius 1 is 1.18 bits per heavy atom. The predicted molar refractivity (Wildman–Crippen MR) is 142 cm³/mol. The molecule has 1 saturated carbocycles. The average molecular weight is 560 g/mol. The molecule has 0 radical (unpaired) electrons. The van der Waals surface area contributed by atoms with E-state index in [2.05, 4.69) is 24.5 Å². The Morgan fingerprint density at radius 2 is 2.00 bits per heavy atom. The minimum atomic E-state index is -1.24. The van der Waals surface area contributed by atoms with Crippen LogP contribution >= 0.6 is 11.6 Å². The minimum absolute atomic E-state index is 0.0151. The molecule has 1 aliphatic carbocycles. The highest BCUT2D eigenvalue weighted by Gasteiger charge is 2.73. The highest BCUT2D eigenvalue weighted by Crippen LogP contribution is 2.55. The standard InChI is InChI=1S/C29H35ClFN3O5/c1-15-5-3-7-21(16(15)2)33-27(36)25-29-11-10-22(39-29)23(26(35)32-17-8-9-20(31)19(30)13-17)24(29)28(37)34(25)14-18-6-4-12-38-18/h8-11,13,15-16,18,21-25H,3-7,12,14H2,1-2H3,(H,32,35)(H,33,36)/t15?,16?,18?,21?,22-,23?,24-,25?,29?/m1/s1. The third-order valence-electron chi connectivity index (χ3n) is 9.57. The molecule has 1 spiro atoms. The SMILES string of the molecule is CC1CCCC(NC(=O)C2N(CC3CCCO3)C(=O)[C@H]3C(C(=O)Nc4ccc(F)c(Cl)c4)[C@H]4C=CC23O4)C1C. The summed E-state index contributed by atoms with van der Waals surface area (Å²) in [4.78, 5) is 43.3. The molecule has 210 valence electrons. The normalized spacial score (nSPS) is 38.8. The number of hydrogen-bond acceptors (Lipinski definition) is 5. The van der Waals surface area contributed by atoms with Crippen LogP contribution in [0, 0.1) is 29.5 Å². The molecule has 10 heteroatoms. The number of carbonyl (C=O) groups excluding carboxylic acids is 3. The van der Waals surface area contributed by atoms with Gasteiger partial charge in [0.05, 0.1) is 29.1 Å². The van der Waals surface area contributed by atoms with Gasteiger partial charge in [0.15, 0.2) is 0 Å². The lowest BCUT2D eigenvalue weighted by molar-refractivity contribution is -0.143. The van der Waals surface area contributed by atoms with Crippen LogP contribution in [0.15, 0.2) is 30.4 Å². The number of carbonyl (C=O) groups is 3. The summed E-state index contributed by atoms with van der Waals surface area (Å²) in [5, 5.41) is 5.92. The number of rotatable bonds is 6. The van der Waals surface area contributed by atoms with Crippen LogP contribution in [0.3, 0.4) is 0 Å². The topological polar surface area (TPSA) is 97.0 Å². The summed E-state index contributed by atoms with van der Waals surface area (Å²) in [5.74, 6) is -2.43. The van der Waals surface area contributed by atoms with E-state index in [1.807, 2.05) is 6.08 Å². The number of amides is 3. The van der Waals surface area contributed by atoms with Gasteiger partial charge >= 0.3 is 0 Å². The van der Waals surface area contributed by atoms with Crippen molar-refractivity contribution in [2.45, 2.75) is 75.8 Å². The highest BCUT2D eigenvalue weighted by atomic mass is 35.5. The fraction of sp³-hybridized carbons (Fsp3) is 0.621. The lowest BCUT2D eigenvalue weighted by Crippen LogP contribution is -2.58. The molecule has 1 aromatic carbocycles. The molecular weight excluding hydrogens is 525 g/mol. The van der Waals surface area contributed by atoms with E-state index in [9.17, 15) is 18.8 Å². The number of benzene rings is 1. The molecule has 2 N–H and O–H groups in total. The van der Waals surface area contributed by atoms with Crippen molar-refractivity contribution in [1.82, 2.24) is 10.2 Å². The van der Waals surface area contributed by atoms with E-state index < -0.39 is 41.3 Å². The van der Waals surface area contributed by atoms with Crippen molar-refractivity contribution >= 4 is 35.0 Å². The van der Waals surface area contributed by atoms with Crippen LogP contribution in [0.1, 0.15) is 46.0 Å². The van der Waals surface area contributed by atoms with Crippen LogP contribution in [0.2, 0.25) is 5.02 Å². The Hall–Kier alpha value is -2.49. The van der Waals surface area contributed by atoms with Crippen molar-refractivity contribution in [3.8, 4) is 0 Å². The predicted octanol–water partition coefficient (Wildman–Crippen LogP) is 3.69. The lowest BCUT2D eigenvalue weighted by atomic mass is 9.73. The van der Waals surface area contributed by atoms with Crippen molar-refractivity contribution in [1.29, 1.82) is 0 Å². The number of nitrogens with one attached hydrogen (secondary N) is 2. The zero-order valence-corrected chi connectivity index (χ0v) is 23.0. The van der Waals surface area contributed by atoms with Gasteiger partial charge in [-0.25, -0.2) is 4.39 Å². The van der Waals surface area contributed by atoms with Crippen LogP contribution in [0.4, 0.5) is 10.1 Å². The molecule has 39 heavy (non-hydrogen) atoms. The first-order valence-corrected chi connectivity index (χ1v) is 14.4. The van der Waals surface area contributed by atoms with Crippen LogP contribution < -0.4 is 10.6 Å². The van der Waals surface area contributed by atoms with Gasteiger partial charge in [0.25, 0.3) is 0 Å². The van der Waals surface area contributed by atoms with Gasteiger partial charge in [-0.05, 0) is 49.3 Å². The summed E-state index contributed by atoms with van der Waals surface area (Å²) in [5.41, 5.74) is -0.917. The summed E-state index contributed by atoms with van der Waals surface area (Å²) in [6.07, 6.45) is 7.56. The van der Waals surface area contributed by atoms with Gasteiger partial charge < -0.3 is 25.0 Å². The summed E-state index contributed by atoms with van der Waals surface area (Å²) >= 11 is 5.91. The number of hydrogen-bond donors (Lipinski definition) is 2. The van der Waals surface area contributed by atoms with Gasteiger partial charge in [0.2, 0.25) is 17.7 Å². The number of fused-ring (bicyclic) bond motifs is 1. The van der Waals surface area contributed by atoms with E-state index in [-0.39, 0.29) is 35.5 Å². The Morgan fingerprint density at radius 3 is 2.74 bits per heavy atom. The molecule has 4 aliphatic heterocycles. The van der Waals surface area contributed by atoms with Gasteiger partial charge in [-0.3, -0.25) is 14.4 Å². The van der Waals surface area contributed by atoms with E-state index in [0.717, 1.165) is 32.1 Å². The molecule has 0 aromatic heterocycles. The molecular formula is C29H35ClFN3O5. The number of nitrogens with zero attached hydrogens (tertiary/aromatic N) is 1. The zero-order chi connectivity index (χ0) is 27.5. The lowest BCUT2D eigenvalue weighted by Gasteiger charge is -2.38. The fourth-order valence-electron chi connectivity index (χ4n) is 7.32. The van der Waals surface area contributed by atoms with E-state index in [1.54, 1.807) is 11.0 Å². The monoisotopic (exact) mass is 559 g/mol. The first-order valence-electron chi connectivity index (χ1n) is 14.0. The van der Waals surface area contributed by atoms with E-state index >= 15 is 0 Å². The Labute approximate surface area is 232 Å². The maximum Gasteiger partial charge on any atom is 0.246 e. The largest absolute Gasteiger partial charge is 0.376 e. The maximum absolute atomic E-state index is 14.1. The molecule has 4 heterocycles. The van der Waals surface area contributed by atoms with Crippen LogP contribution in [0.25, 0.3) is 0 Å². The molecule has 2 bridgehead atoms. The van der Waals surface area contributed by atoms with Crippen LogP contribution in [0.5, 0.6) is 0 Å². The van der Waals surface area contributed by atoms with Crippen molar-refractivity contribution < 1.29 is 28.2 Å². The van der Waals surface area contributed by atoms with Gasteiger partial charge in [-0.15, -0.1) is 0 Å². The molecule has 5 aliphatic rings. The molecule has 3 amide bonds. The number of ether oxygens (including phenoxy) is 2. The first kappa shape index (κ1) is 26.7. The summed E-state index contributed by atoms with van der Waals surface area (Å²) in [6.45, 7) is 5.27. The molecule has 4 fully saturated rings. The molecule has 1 aromatic rings. The molecule has 7 unspecified atom stereocenters. The third kappa shape index (κ3) is 4.46. The smallest absolute Gasteiger partial charge is 0.246 e. The second kappa shape index (κ2) is 10.2. The Balaban J connectivity index is 1.29. The van der Waals surface area contributed by atoms with Crippen molar-refractivity contribution in [3.05, 3.63) is 41.2 Å². The third-order valence-corrected chi connectivity index (χ3v) is 9.86. The highest BCUT2D eigenvalue weighted by molar-refractivity contribution is 6.31. The molecule has 6 rings (SSSR count). The molecule has 3 saturated heterocycles. The Kier molecular flexibility index (Phi) is 6.96. The van der Waals surface area contributed by atoms with E-state index in [0.29, 0.717) is 24.1 Å². The summed E-state index contributed by atoms with van der Waals surface area (Å²) in [7, 11) is 0. The van der Waals surface area contributed by atoms with Gasteiger partial charge in [0, 0.05) is 24.9 Å². The Bertz CT molecular complexity index is 1210. The minimum Gasteiger partial charge on any atom is -0.376 e. The quantitative estimate of drug-likeness (QED) is 0.518. The van der Waals surface area contributed by atoms with Gasteiger partial charge in [0.1, 0.15) is 17.5 Å². The van der Waals surface area contributed by atoms with Crippen LogP contribution in [-0.2, 0) is 23.9 Å². The second-order valence-electron chi connectivity index (χ2n) is 11.8. The summed E-state index contributed by atoms with van der Waals surface area (Å²) in [6, 6.07) is 3.04. The number of halogens is 2. The zero-order valence-electron chi connectivity index (χ0n) is 22.2. The number of anilines is 1. The summed E-state index contributed by atoms with van der Waals surface area (Å²) < 4.78 is 25.9. The van der Waals surface area contributed by atoms with Gasteiger partial charge in [-0.2, -0.15) is 0 Å². The van der Waals surface area contributed by atoms with Crippen molar-refractivity contribution in [2.75, 3.05) is 18.5 Å². The first-order chi connectivity index (χ1) is 18.7. The van der Waals surface area contributed by atoms with E-state index in [4.69, 9.17) is 21.1 Å². The molecule has 8 nitrogen and oxygen atoms in total. The average Bonchev–Trinajstić information content (AvgIpc) is 3.67. The van der Waals surface area contributed by atoms with E-state index in [1.165, 1.54) is 18.2 Å². The number of likely N-dealkylation sites (tertiary alicyclic amines) is 1. The maximum atomic E-state index is 14.1. The van der Waals surface area contributed by atoms with Gasteiger partial charge in [-0.1, -0.05) is 50.4 Å². The molecule has 9 atom stereocenters.